The molecule has 1 unspecified atom stereocenters. The van der Waals surface area contributed by atoms with Crippen LogP contribution in [0.1, 0.15) is 28.4 Å². The van der Waals surface area contributed by atoms with Gasteiger partial charge in [0.1, 0.15) is 12.4 Å². The van der Waals surface area contributed by atoms with Crippen LogP contribution >= 0.6 is 0 Å². The summed E-state index contributed by atoms with van der Waals surface area (Å²) in [4.78, 5) is 2.29. The predicted octanol–water partition coefficient (Wildman–Crippen LogP) is 5.98. The zero-order valence-corrected chi connectivity index (χ0v) is 18.0. The lowest BCUT2D eigenvalue weighted by Gasteiger charge is -2.32. The molecule has 1 aliphatic rings. The van der Waals surface area contributed by atoms with Crippen LogP contribution < -0.4 is 4.74 Å². The van der Waals surface area contributed by atoms with Crippen LogP contribution in [-0.2, 0) is 19.7 Å². The van der Waals surface area contributed by atoms with Gasteiger partial charge < -0.3 is 9.84 Å². The molecule has 0 aliphatic carbocycles. The summed E-state index contributed by atoms with van der Waals surface area (Å²) in [6.07, 6.45) is -0.504. The van der Waals surface area contributed by atoms with Gasteiger partial charge in [-0.1, -0.05) is 91.0 Å². The average molecular weight is 422 g/mol. The Balaban J connectivity index is 1.22. The van der Waals surface area contributed by atoms with Gasteiger partial charge in [0.05, 0.1) is 6.10 Å². The summed E-state index contributed by atoms with van der Waals surface area (Å²) in [7, 11) is 0. The van der Waals surface area contributed by atoms with Crippen molar-refractivity contribution < 1.29 is 9.84 Å². The first kappa shape index (κ1) is 20.5. The summed E-state index contributed by atoms with van der Waals surface area (Å²) in [6.45, 7) is 2.81. The Kier molecular flexibility index (Phi) is 6.02. The van der Waals surface area contributed by atoms with Crippen LogP contribution in [0.4, 0.5) is 0 Å². The summed E-state index contributed by atoms with van der Waals surface area (Å²) in [5, 5.41) is 10.8. The van der Waals surface area contributed by atoms with Crippen LogP contribution in [0.3, 0.4) is 0 Å². The number of β-amino-alcohol motifs (C(OH)–C–C–N with tert-alkyl or cyclic N) is 1. The maximum absolute atomic E-state index is 10.8. The highest BCUT2D eigenvalue weighted by Gasteiger charge is 2.24. The van der Waals surface area contributed by atoms with Crippen molar-refractivity contribution in [3.63, 3.8) is 0 Å². The molecule has 1 N–H and O–H groups in total. The van der Waals surface area contributed by atoms with Crippen LogP contribution in [0, 0.1) is 0 Å². The SMILES string of the molecule is OC1CN(Cc2ccccc2)Cc2ccc(OCc3ccc(-c4ccccc4)cc3)cc21. The monoisotopic (exact) mass is 421 g/mol. The van der Waals surface area contributed by atoms with E-state index >= 15 is 0 Å². The van der Waals surface area contributed by atoms with E-state index < -0.39 is 6.10 Å². The van der Waals surface area contributed by atoms with Gasteiger partial charge in [0.2, 0.25) is 0 Å². The molecule has 1 aliphatic heterocycles. The molecule has 3 nitrogen and oxygen atoms in total. The number of fused-ring (bicyclic) bond motifs is 1. The van der Waals surface area contributed by atoms with E-state index in [1.165, 1.54) is 22.3 Å². The fourth-order valence-corrected chi connectivity index (χ4v) is 4.32. The zero-order chi connectivity index (χ0) is 21.8. The van der Waals surface area contributed by atoms with Gasteiger partial charge in [0, 0.05) is 19.6 Å². The van der Waals surface area contributed by atoms with Crippen molar-refractivity contribution in [2.75, 3.05) is 6.54 Å². The second-order valence-corrected chi connectivity index (χ2v) is 8.38. The third kappa shape index (κ3) is 4.75. The minimum Gasteiger partial charge on any atom is -0.489 e. The van der Waals surface area contributed by atoms with Crippen LogP contribution in [0.15, 0.2) is 103 Å². The van der Waals surface area contributed by atoms with E-state index in [2.05, 4.69) is 83.8 Å². The van der Waals surface area contributed by atoms with Crippen molar-refractivity contribution >= 4 is 0 Å². The Bertz CT molecular complexity index is 1160. The lowest BCUT2D eigenvalue weighted by molar-refractivity contribution is 0.0878. The van der Waals surface area contributed by atoms with Gasteiger partial charge in [0.25, 0.3) is 0 Å². The molecule has 4 aromatic carbocycles. The highest BCUT2D eigenvalue weighted by atomic mass is 16.5. The molecule has 0 saturated carbocycles. The normalized spacial score (nSPS) is 15.8. The number of rotatable bonds is 6. The smallest absolute Gasteiger partial charge is 0.120 e. The minimum atomic E-state index is -0.504. The van der Waals surface area contributed by atoms with Crippen LogP contribution in [0.25, 0.3) is 11.1 Å². The third-order valence-electron chi connectivity index (χ3n) is 6.02. The molecule has 0 radical (unpaired) electrons. The topological polar surface area (TPSA) is 32.7 Å². The summed E-state index contributed by atoms with van der Waals surface area (Å²) < 4.78 is 6.05. The largest absolute Gasteiger partial charge is 0.489 e. The Morgan fingerprint density at radius 1 is 0.750 bits per heavy atom. The summed E-state index contributed by atoms with van der Waals surface area (Å²) >= 11 is 0. The quantitative estimate of drug-likeness (QED) is 0.416. The number of hydrogen-bond acceptors (Lipinski definition) is 3. The molecule has 0 saturated heterocycles. The van der Waals surface area contributed by atoms with Crippen molar-refractivity contribution in [2.24, 2.45) is 0 Å². The summed E-state index contributed by atoms with van der Waals surface area (Å²) in [5.74, 6) is 0.798. The fraction of sp³-hybridized carbons (Fsp3) is 0.172. The Morgan fingerprint density at radius 3 is 2.19 bits per heavy atom. The lowest BCUT2D eigenvalue weighted by Crippen LogP contribution is -2.33. The molecule has 0 amide bonds. The number of nitrogens with zero attached hydrogens (tertiary/aromatic N) is 1. The van der Waals surface area contributed by atoms with Crippen LogP contribution in [0.5, 0.6) is 5.75 Å². The number of aliphatic hydroxyl groups excluding tert-OH is 1. The van der Waals surface area contributed by atoms with Gasteiger partial charge in [-0.3, -0.25) is 4.90 Å². The van der Waals surface area contributed by atoms with Gasteiger partial charge in [0.15, 0.2) is 0 Å². The van der Waals surface area contributed by atoms with Gasteiger partial charge in [-0.25, -0.2) is 0 Å². The van der Waals surface area contributed by atoms with E-state index in [4.69, 9.17) is 4.74 Å². The first-order valence-corrected chi connectivity index (χ1v) is 11.1. The Hall–Kier alpha value is -3.40. The molecule has 3 heteroatoms. The minimum absolute atomic E-state index is 0.504. The second-order valence-electron chi connectivity index (χ2n) is 8.38. The molecule has 160 valence electrons. The number of ether oxygens (including phenoxy) is 1. The molecular formula is C29H27NO2. The van der Waals surface area contributed by atoms with Crippen LogP contribution in [0.2, 0.25) is 0 Å². The van der Waals surface area contributed by atoms with Crippen molar-refractivity contribution in [1.29, 1.82) is 0 Å². The molecule has 32 heavy (non-hydrogen) atoms. The van der Waals surface area contributed by atoms with E-state index in [9.17, 15) is 5.11 Å². The molecular weight excluding hydrogens is 394 g/mol. The number of hydrogen-bond donors (Lipinski definition) is 1. The molecule has 0 aromatic heterocycles. The van der Waals surface area contributed by atoms with Gasteiger partial charge in [-0.15, -0.1) is 0 Å². The second kappa shape index (κ2) is 9.39. The van der Waals surface area contributed by atoms with Crippen LogP contribution in [-0.4, -0.2) is 16.6 Å². The molecule has 1 heterocycles. The van der Waals surface area contributed by atoms with E-state index in [0.29, 0.717) is 13.2 Å². The molecule has 0 fully saturated rings. The summed E-state index contributed by atoms with van der Waals surface area (Å²) in [5.41, 5.74) is 6.94. The van der Waals surface area contributed by atoms with Gasteiger partial charge in [-0.2, -0.15) is 0 Å². The predicted molar refractivity (Wildman–Crippen MR) is 128 cm³/mol. The van der Waals surface area contributed by atoms with E-state index in [1.54, 1.807) is 0 Å². The maximum Gasteiger partial charge on any atom is 0.120 e. The number of benzene rings is 4. The highest BCUT2D eigenvalue weighted by Crippen LogP contribution is 2.31. The fourth-order valence-electron chi connectivity index (χ4n) is 4.32. The molecule has 5 rings (SSSR count). The summed E-state index contributed by atoms with van der Waals surface area (Å²) in [6, 6.07) is 35.3. The lowest BCUT2D eigenvalue weighted by atomic mass is 9.96. The van der Waals surface area contributed by atoms with Crippen molar-refractivity contribution in [3.8, 4) is 16.9 Å². The van der Waals surface area contributed by atoms with Crippen molar-refractivity contribution in [1.82, 2.24) is 4.90 Å². The highest BCUT2D eigenvalue weighted by molar-refractivity contribution is 5.63. The first-order chi connectivity index (χ1) is 15.7. The molecule has 0 bridgehead atoms. The van der Waals surface area contributed by atoms with Crippen molar-refractivity contribution in [2.45, 2.75) is 25.8 Å². The van der Waals surface area contributed by atoms with Crippen molar-refractivity contribution in [3.05, 3.63) is 125 Å². The Labute approximate surface area is 189 Å². The molecule has 4 aromatic rings. The molecule has 1 atom stereocenters. The van der Waals surface area contributed by atoms with Gasteiger partial charge >= 0.3 is 0 Å². The van der Waals surface area contributed by atoms with Gasteiger partial charge in [-0.05, 0) is 45.5 Å². The third-order valence-corrected chi connectivity index (χ3v) is 6.02. The zero-order valence-electron chi connectivity index (χ0n) is 18.0. The average Bonchev–Trinajstić information content (AvgIpc) is 2.84. The number of aliphatic hydroxyl groups is 1. The van der Waals surface area contributed by atoms with E-state index in [0.717, 1.165) is 30.0 Å². The standard InChI is InChI=1S/C29H27NO2/c31-29-20-30(18-22-7-3-1-4-8-22)19-26-15-16-27(17-28(26)29)32-21-23-11-13-25(14-12-23)24-9-5-2-6-10-24/h1-17,29,31H,18-21H2. The maximum atomic E-state index is 10.8. The first-order valence-electron chi connectivity index (χ1n) is 11.1. The van der Waals surface area contributed by atoms with E-state index in [1.807, 2.05) is 24.3 Å². The molecule has 0 spiro atoms. The van der Waals surface area contributed by atoms with E-state index in [-0.39, 0.29) is 0 Å². The Morgan fingerprint density at radius 2 is 1.44 bits per heavy atom.